The molecule has 1 fully saturated rings. The first kappa shape index (κ1) is 9.72. The lowest BCUT2D eigenvalue weighted by Gasteiger charge is -2.36. The number of hydrogen-bond donors (Lipinski definition) is 0. The van der Waals surface area contributed by atoms with Crippen molar-refractivity contribution in [2.24, 2.45) is 5.41 Å². The van der Waals surface area contributed by atoms with Crippen molar-refractivity contribution in [2.75, 3.05) is 6.61 Å². The first-order valence-electron chi connectivity index (χ1n) is 5.96. The number of benzene rings is 1. The Morgan fingerprint density at radius 1 is 1.38 bits per heavy atom. The molecule has 0 amide bonds. The molecular formula is C14H15NO. The third-order valence-corrected chi connectivity index (χ3v) is 3.98. The zero-order valence-corrected chi connectivity index (χ0v) is 9.28. The summed E-state index contributed by atoms with van der Waals surface area (Å²) in [6.07, 6.45) is 4.33. The van der Waals surface area contributed by atoms with Crippen LogP contribution >= 0.6 is 0 Å². The molecule has 2 nitrogen and oxygen atoms in total. The van der Waals surface area contributed by atoms with Gasteiger partial charge in [-0.25, -0.2) is 0 Å². The zero-order valence-electron chi connectivity index (χ0n) is 9.28. The van der Waals surface area contributed by atoms with Gasteiger partial charge in [0.2, 0.25) is 0 Å². The van der Waals surface area contributed by atoms with E-state index < -0.39 is 0 Å². The van der Waals surface area contributed by atoms with Crippen LogP contribution in [0.2, 0.25) is 0 Å². The van der Waals surface area contributed by atoms with Crippen LogP contribution in [0.1, 0.15) is 37.2 Å². The lowest BCUT2D eigenvalue weighted by atomic mass is 9.65. The molecule has 0 radical (unpaired) electrons. The van der Waals surface area contributed by atoms with Crippen LogP contribution < -0.4 is 4.74 Å². The predicted octanol–water partition coefficient (Wildman–Crippen LogP) is 3.25. The molecule has 0 saturated heterocycles. The highest BCUT2D eigenvalue weighted by Gasteiger charge is 2.41. The number of fused-ring (bicyclic) bond motifs is 1. The summed E-state index contributed by atoms with van der Waals surface area (Å²) in [5.41, 5.74) is 1.25. The van der Waals surface area contributed by atoms with Gasteiger partial charge in [0.25, 0.3) is 0 Å². The van der Waals surface area contributed by atoms with E-state index in [1.165, 1.54) is 12.0 Å². The number of ether oxygens (including phenoxy) is 1. The van der Waals surface area contributed by atoms with Crippen LogP contribution in [0.15, 0.2) is 24.3 Å². The second kappa shape index (κ2) is 3.52. The lowest BCUT2D eigenvalue weighted by molar-refractivity contribution is 0.172. The Bertz CT molecular complexity index is 442. The second-order valence-electron chi connectivity index (χ2n) is 5.00. The van der Waals surface area contributed by atoms with Gasteiger partial charge in [0, 0.05) is 11.5 Å². The van der Waals surface area contributed by atoms with E-state index in [1.807, 2.05) is 12.1 Å². The van der Waals surface area contributed by atoms with E-state index in [-0.39, 0.29) is 5.41 Å². The molecule has 16 heavy (non-hydrogen) atoms. The Labute approximate surface area is 95.8 Å². The summed E-state index contributed by atoms with van der Waals surface area (Å²) in [5.74, 6) is 1.44. The van der Waals surface area contributed by atoms with Gasteiger partial charge in [-0.3, -0.25) is 0 Å². The van der Waals surface area contributed by atoms with Crippen molar-refractivity contribution in [3.63, 3.8) is 0 Å². The molecule has 3 rings (SSSR count). The van der Waals surface area contributed by atoms with Gasteiger partial charge in [0.05, 0.1) is 18.1 Å². The molecule has 1 aromatic carbocycles. The van der Waals surface area contributed by atoms with Crippen molar-refractivity contribution < 1.29 is 4.74 Å². The molecule has 0 N–H and O–H groups in total. The lowest BCUT2D eigenvalue weighted by Crippen LogP contribution is -2.29. The van der Waals surface area contributed by atoms with Gasteiger partial charge in [-0.2, -0.15) is 5.26 Å². The monoisotopic (exact) mass is 213 g/mol. The van der Waals surface area contributed by atoms with E-state index in [0.29, 0.717) is 5.92 Å². The Hall–Kier alpha value is -1.49. The quantitative estimate of drug-likeness (QED) is 0.755. The minimum absolute atomic E-state index is 0.0501. The Kier molecular flexibility index (Phi) is 2.14. The SMILES string of the molecule is N#CC1(CC2COc3ccccc32)CCC1. The normalized spacial score (nSPS) is 25.1. The number of hydrogen-bond acceptors (Lipinski definition) is 2. The largest absolute Gasteiger partial charge is 0.493 e. The molecule has 2 heteroatoms. The van der Waals surface area contributed by atoms with Crippen molar-refractivity contribution >= 4 is 0 Å². The summed E-state index contributed by atoms with van der Waals surface area (Å²) in [7, 11) is 0. The summed E-state index contributed by atoms with van der Waals surface area (Å²) >= 11 is 0. The molecule has 0 spiro atoms. The maximum atomic E-state index is 9.25. The number of nitrogens with zero attached hydrogens (tertiary/aromatic N) is 1. The van der Waals surface area contributed by atoms with E-state index in [0.717, 1.165) is 31.6 Å². The predicted molar refractivity (Wildman–Crippen MR) is 61.2 cm³/mol. The summed E-state index contributed by atoms with van der Waals surface area (Å²) < 4.78 is 5.66. The molecule has 1 unspecified atom stereocenters. The van der Waals surface area contributed by atoms with Crippen molar-refractivity contribution in [2.45, 2.75) is 31.6 Å². The first-order chi connectivity index (χ1) is 7.83. The third kappa shape index (κ3) is 1.39. The van der Waals surface area contributed by atoms with Crippen molar-refractivity contribution in [1.82, 2.24) is 0 Å². The van der Waals surface area contributed by atoms with Crippen molar-refractivity contribution in [3.8, 4) is 11.8 Å². The second-order valence-corrected chi connectivity index (χ2v) is 5.00. The molecule has 82 valence electrons. The van der Waals surface area contributed by atoms with Gasteiger partial charge in [-0.05, 0) is 25.3 Å². The van der Waals surface area contributed by atoms with Gasteiger partial charge in [0.1, 0.15) is 5.75 Å². The fraction of sp³-hybridized carbons (Fsp3) is 0.500. The van der Waals surface area contributed by atoms with Crippen LogP contribution in [-0.2, 0) is 0 Å². The fourth-order valence-corrected chi connectivity index (χ4v) is 2.84. The molecule has 1 aliphatic heterocycles. The maximum Gasteiger partial charge on any atom is 0.122 e. The molecule has 1 atom stereocenters. The highest BCUT2D eigenvalue weighted by molar-refractivity contribution is 5.40. The Balaban J connectivity index is 1.81. The van der Waals surface area contributed by atoms with Crippen LogP contribution in [-0.4, -0.2) is 6.61 Å². The van der Waals surface area contributed by atoms with E-state index >= 15 is 0 Å². The van der Waals surface area contributed by atoms with E-state index in [1.54, 1.807) is 0 Å². The van der Waals surface area contributed by atoms with E-state index in [2.05, 4.69) is 18.2 Å². The van der Waals surface area contributed by atoms with Crippen LogP contribution in [0.5, 0.6) is 5.75 Å². The molecule has 1 aliphatic carbocycles. The fourth-order valence-electron chi connectivity index (χ4n) is 2.84. The zero-order chi connectivity index (χ0) is 11.0. The average Bonchev–Trinajstić information content (AvgIpc) is 2.67. The molecular weight excluding hydrogens is 198 g/mol. The molecule has 0 aromatic heterocycles. The Morgan fingerprint density at radius 2 is 2.19 bits per heavy atom. The number of rotatable bonds is 2. The van der Waals surface area contributed by atoms with Gasteiger partial charge in [-0.1, -0.05) is 24.6 Å². The molecule has 1 saturated carbocycles. The van der Waals surface area contributed by atoms with Crippen LogP contribution in [0.4, 0.5) is 0 Å². The van der Waals surface area contributed by atoms with Crippen LogP contribution in [0.25, 0.3) is 0 Å². The van der Waals surface area contributed by atoms with Gasteiger partial charge >= 0.3 is 0 Å². The smallest absolute Gasteiger partial charge is 0.122 e. The average molecular weight is 213 g/mol. The maximum absolute atomic E-state index is 9.25. The summed E-state index contributed by atoms with van der Waals surface area (Å²) in [4.78, 5) is 0. The van der Waals surface area contributed by atoms with Crippen LogP contribution in [0.3, 0.4) is 0 Å². The highest BCUT2D eigenvalue weighted by Crippen LogP contribution is 2.49. The number of nitriles is 1. The summed E-state index contributed by atoms with van der Waals surface area (Å²) in [6.45, 7) is 0.753. The first-order valence-corrected chi connectivity index (χ1v) is 5.96. The Morgan fingerprint density at radius 3 is 2.88 bits per heavy atom. The van der Waals surface area contributed by atoms with Crippen LogP contribution in [0, 0.1) is 16.7 Å². The van der Waals surface area contributed by atoms with Crippen molar-refractivity contribution in [1.29, 1.82) is 5.26 Å². The standard InChI is InChI=1S/C14H15NO/c15-10-14(6-3-7-14)8-11-9-16-13-5-2-1-4-12(11)13/h1-2,4-5,11H,3,6-9H2. The number of para-hydroxylation sites is 1. The molecule has 0 bridgehead atoms. The molecule has 1 heterocycles. The minimum Gasteiger partial charge on any atom is -0.493 e. The minimum atomic E-state index is -0.0501. The molecule has 2 aliphatic rings. The van der Waals surface area contributed by atoms with Gasteiger partial charge in [0.15, 0.2) is 0 Å². The van der Waals surface area contributed by atoms with E-state index in [4.69, 9.17) is 4.74 Å². The highest BCUT2D eigenvalue weighted by atomic mass is 16.5. The molecule has 1 aromatic rings. The topological polar surface area (TPSA) is 33.0 Å². The van der Waals surface area contributed by atoms with Crippen molar-refractivity contribution in [3.05, 3.63) is 29.8 Å². The third-order valence-electron chi connectivity index (χ3n) is 3.98. The summed E-state index contributed by atoms with van der Waals surface area (Å²) in [6, 6.07) is 10.7. The van der Waals surface area contributed by atoms with E-state index in [9.17, 15) is 5.26 Å². The summed E-state index contributed by atoms with van der Waals surface area (Å²) in [5, 5.41) is 9.25. The van der Waals surface area contributed by atoms with Gasteiger partial charge in [-0.15, -0.1) is 0 Å². The van der Waals surface area contributed by atoms with Gasteiger partial charge < -0.3 is 4.74 Å².